The molecule has 0 aliphatic carbocycles. The van der Waals surface area contributed by atoms with E-state index < -0.39 is 0 Å². The fourth-order valence-electron chi connectivity index (χ4n) is 3.80. The van der Waals surface area contributed by atoms with E-state index in [1.54, 1.807) is 25.3 Å². The van der Waals surface area contributed by atoms with Crippen LogP contribution in [0.25, 0.3) is 16.9 Å². The molecule has 1 aliphatic rings. The van der Waals surface area contributed by atoms with Crippen LogP contribution in [0.2, 0.25) is 0 Å². The summed E-state index contributed by atoms with van der Waals surface area (Å²) in [5, 5.41) is 8.40. The SMILES string of the molecule is COc1ccccc1N1CCN(c2ncnc3c2nnn3-c2ccccc2F)CC1. The Labute approximate surface area is 172 Å². The second kappa shape index (κ2) is 7.58. The summed E-state index contributed by atoms with van der Waals surface area (Å²) in [7, 11) is 1.69. The molecule has 1 fully saturated rings. The minimum atomic E-state index is -0.380. The highest BCUT2D eigenvalue weighted by molar-refractivity contribution is 5.83. The summed E-state index contributed by atoms with van der Waals surface area (Å²) >= 11 is 0. The van der Waals surface area contributed by atoms with Gasteiger partial charge in [0.1, 0.15) is 23.6 Å². The zero-order valence-corrected chi connectivity index (χ0v) is 16.4. The third kappa shape index (κ3) is 3.08. The van der Waals surface area contributed by atoms with Gasteiger partial charge in [-0.2, -0.15) is 4.68 Å². The van der Waals surface area contributed by atoms with Crippen molar-refractivity contribution in [2.45, 2.75) is 0 Å². The third-order valence-corrected chi connectivity index (χ3v) is 5.30. The summed E-state index contributed by atoms with van der Waals surface area (Å²) in [5.74, 6) is 1.19. The van der Waals surface area contributed by atoms with Gasteiger partial charge in [0.05, 0.1) is 12.8 Å². The van der Waals surface area contributed by atoms with Gasteiger partial charge in [0.25, 0.3) is 0 Å². The maximum Gasteiger partial charge on any atom is 0.189 e. The number of methoxy groups -OCH3 is 1. The number of para-hydroxylation sites is 3. The summed E-state index contributed by atoms with van der Waals surface area (Å²) in [6.45, 7) is 3.15. The van der Waals surface area contributed by atoms with Crippen LogP contribution in [-0.4, -0.2) is 58.3 Å². The van der Waals surface area contributed by atoms with Crippen molar-refractivity contribution in [1.29, 1.82) is 0 Å². The third-order valence-electron chi connectivity index (χ3n) is 5.30. The molecule has 2 aromatic carbocycles. The zero-order chi connectivity index (χ0) is 20.5. The standard InChI is InChI=1S/C21H20FN7O/c1-30-18-9-5-4-8-17(18)27-10-12-28(13-11-27)20-19-21(24-14-23-20)29(26-25-19)16-7-3-2-6-15(16)22/h2-9,14H,10-13H2,1H3. The van der Waals surface area contributed by atoms with Gasteiger partial charge in [-0.1, -0.05) is 29.5 Å². The molecule has 5 rings (SSSR count). The lowest BCUT2D eigenvalue weighted by Gasteiger charge is -2.37. The molecule has 0 atom stereocenters. The van der Waals surface area contributed by atoms with Gasteiger partial charge in [0.2, 0.25) is 0 Å². The Morgan fingerprint density at radius 2 is 1.57 bits per heavy atom. The molecule has 30 heavy (non-hydrogen) atoms. The fourth-order valence-corrected chi connectivity index (χ4v) is 3.80. The van der Waals surface area contributed by atoms with E-state index in [0.29, 0.717) is 22.7 Å². The van der Waals surface area contributed by atoms with Gasteiger partial charge in [-0.3, -0.25) is 0 Å². The molecule has 0 saturated carbocycles. The van der Waals surface area contributed by atoms with E-state index in [0.717, 1.165) is 37.6 Å². The van der Waals surface area contributed by atoms with Crippen LogP contribution in [0.3, 0.4) is 0 Å². The van der Waals surface area contributed by atoms with Gasteiger partial charge in [-0.25, -0.2) is 14.4 Å². The molecule has 0 amide bonds. The lowest BCUT2D eigenvalue weighted by atomic mass is 10.2. The van der Waals surface area contributed by atoms with Crippen LogP contribution >= 0.6 is 0 Å². The minimum Gasteiger partial charge on any atom is -0.495 e. The number of ether oxygens (including phenoxy) is 1. The molecule has 1 saturated heterocycles. The van der Waals surface area contributed by atoms with Crippen molar-refractivity contribution in [3.05, 3.63) is 60.7 Å². The van der Waals surface area contributed by atoms with Crippen molar-refractivity contribution in [3.8, 4) is 11.4 Å². The zero-order valence-electron chi connectivity index (χ0n) is 16.4. The van der Waals surface area contributed by atoms with E-state index >= 15 is 0 Å². The Balaban J connectivity index is 1.42. The van der Waals surface area contributed by atoms with Crippen LogP contribution in [-0.2, 0) is 0 Å². The lowest BCUT2D eigenvalue weighted by molar-refractivity contribution is 0.413. The van der Waals surface area contributed by atoms with Crippen LogP contribution in [0.15, 0.2) is 54.9 Å². The maximum atomic E-state index is 14.2. The highest BCUT2D eigenvalue weighted by Gasteiger charge is 2.24. The molecule has 0 bridgehead atoms. The van der Waals surface area contributed by atoms with Gasteiger partial charge in [0, 0.05) is 26.2 Å². The molecule has 3 heterocycles. The summed E-state index contributed by atoms with van der Waals surface area (Å²) in [4.78, 5) is 13.2. The quantitative estimate of drug-likeness (QED) is 0.517. The number of aromatic nitrogens is 5. The normalized spacial score (nSPS) is 14.3. The Bertz CT molecular complexity index is 1190. The predicted molar refractivity (Wildman–Crippen MR) is 112 cm³/mol. The van der Waals surface area contributed by atoms with Crippen molar-refractivity contribution < 1.29 is 9.13 Å². The Hall–Kier alpha value is -3.75. The van der Waals surface area contributed by atoms with E-state index in [4.69, 9.17) is 4.74 Å². The lowest BCUT2D eigenvalue weighted by Crippen LogP contribution is -2.47. The van der Waals surface area contributed by atoms with Gasteiger partial charge in [-0.15, -0.1) is 5.10 Å². The first-order chi connectivity index (χ1) is 14.8. The number of benzene rings is 2. The Kier molecular flexibility index (Phi) is 4.62. The molecular formula is C21H20FN7O. The largest absolute Gasteiger partial charge is 0.495 e. The van der Waals surface area contributed by atoms with Gasteiger partial charge in [0.15, 0.2) is 17.0 Å². The second-order valence-corrected chi connectivity index (χ2v) is 6.97. The van der Waals surface area contributed by atoms with Crippen LogP contribution in [0.1, 0.15) is 0 Å². The van der Waals surface area contributed by atoms with E-state index in [1.807, 2.05) is 18.2 Å². The average Bonchev–Trinajstić information content (AvgIpc) is 3.23. The fraction of sp³-hybridized carbons (Fsp3) is 0.238. The highest BCUT2D eigenvalue weighted by atomic mass is 19.1. The van der Waals surface area contributed by atoms with E-state index in [2.05, 4.69) is 36.1 Å². The number of hydrogen-bond donors (Lipinski definition) is 0. The number of nitrogens with zero attached hydrogens (tertiary/aromatic N) is 7. The first kappa shape index (κ1) is 18.3. The molecule has 0 spiro atoms. The van der Waals surface area contributed by atoms with Gasteiger partial charge in [-0.05, 0) is 24.3 Å². The molecule has 152 valence electrons. The molecular weight excluding hydrogens is 385 g/mol. The maximum absolute atomic E-state index is 14.2. The van der Waals surface area contributed by atoms with Gasteiger partial charge >= 0.3 is 0 Å². The summed E-state index contributed by atoms with van der Waals surface area (Å²) in [6.07, 6.45) is 1.48. The summed E-state index contributed by atoms with van der Waals surface area (Å²) in [5.41, 5.74) is 2.44. The number of hydrogen-bond acceptors (Lipinski definition) is 7. The van der Waals surface area contributed by atoms with Gasteiger partial charge < -0.3 is 14.5 Å². The number of rotatable bonds is 4. The molecule has 0 radical (unpaired) electrons. The average molecular weight is 405 g/mol. The highest BCUT2D eigenvalue weighted by Crippen LogP contribution is 2.30. The second-order valence-electron chi connectivity index (χ2n) is 6.97. The smallest absolute Gasteiger partial charge is 0.189 e. The Morgan fingerprint density at radius 1 is 0.867 bits per heavy atom. The molecule has 0 unspecified atom stereocenters. The van der Waals surface area contributed by atoms with Crippen LogP contribution in [0.4, 0.5) is 15.9 Å². The van der Waals surface area contributed by atoms with Crippen molar-refractivity contribution in [2.75, 3.05) is 43.1 Å². The molecule has 1 aliphatic heterocycles. The van der Waals surface area contributed by atoms with E-state index in [9.17, 15) is 4.39 Å². The monoisotopic (exact) mass is 405 g/mol. The number of anilines is 2. The molecule has 2 aromatic heterocycles. The molecule has 4 aromatic rings. The number of piperazine rings is 1. The first-order valence-corrected chi connectivity index (χ1v) is 9.70. The van der Waals surface area contributed by atoms with E-state index in [1.165, 1.54) is 17.1 Å². The number of halogens is 1. The first-order valence-electron chi connectivity index (χ1n) is 9.70. The van der Waals surface area contributed by atoms with Crippen molar-refractivity contribution >= 4 is 22.7 Å². The van der Waals surface area contributed by atoms with Crippen LogP contribution in [0.5, 0.6) is 5.75 Å². The Morgan fingerprint density at radius 3 is 2.33 bits per heavy atom. The van der Waals surface area contributed by atoms with Crippen molar-refractivity contribution in [2.24, 2.45) is 0 Å². The van der Waals surface area contributed by atoms with Crippen LogP contribution < -0.4 is 14.5 Å². The molecule has 8 nitrogen and oxygen atoms in total. The number of fused-ring (bicyclic) bond motifs is 1. The summed E-state index contributed by atoms with van der Waals surface area (Å²) in [6, 6.07) is 14.5. The van der Waals surface area contributed by atoms with E-state index in [-0.39, 0.29) is 5.82 Å². The predicted octanol–water partition coefficient (Wildman–Crippen LogP) is 2.68. The van der Waals surface area contributed by atoms with Crippen molar-refractivity contribution in [1.82, 2.24) is 25.0 Å². The molecule has 0 N–H and O–H groups in total. The van der Waals surface area contributed by atoms with Crippen molar-refractivity contribution in [3.63, 3.8) is 0 Å². The van der Waals surface area contributed by atoms with Crippen LogP contribution in [0, 0.1) is 5.82 Å². The topological polar surface area (TPSA) is 72.2 Å². The molecule has 9 heteroatoms. The summed E-state index contributed by atoms with van der Waals surface area (Å²) < 4.78 is 21.2. The minimum absolute atomic E-state index is 0.311.